The molecule has 2 aromatic rings. The Bertz CT molecular complexity index is 813. The molecular formula is C23H31N3O2. The van der Waals surface area contributed by atoms with E-state index in [1.54, 1.807) is 0 Å². The molecule has 3 rings (SSSR count). The maximum absolute atomic E-state index is 12.9. The number of hydrogen-bond acceptors (Lipinski definition) is 4. The first-order valence-corrected chi connectivity index (χ1v) is 10.1. The Morgan fingerprint density at radius 1 is 1.32 bits per heavy atom. The van der Waals surface area contributed by atoms with Crippen LogP contribution in [0.2, 0.25) is 0 Å². The van der Waals surface area contributed by atoms with E-state index >= 15 is 0 Å². The highest BCUT2D eigenvalue weighted by Gasteiger charge is 2.42. The fraction of sp³-hybridized carbons (Fsp3) is 0.478. The molecule has 0 N–H and O–H groups in total. The van der Waals surface area contributed by atoms with Crippen molar-refractivity contribution in [1.29, 1.82) is 0 Å². The summed E-state index contributed by atoms with van der Waals surface area (Å²) in [6, 6.07) is 10.2. The average Bonchev–Trinajstić information content (AvgIpc) is 3.01. The molecule has 1 aliphatic rings. The molecule has 5 heteroatoms. The van der Waals surface area contributed by atoms with Crippen LogP contribution < -0.4 is 0 Å². The number of hydrogen-bond donors (Lipinski definition) is 0. The van der Waals surface area contributed by atoms with Crippen LogP contribution in [0.1, 0.15) is 43.0 Å². The molecule has 5 nitrogen and oxygen atoms in total. The molecule has 0 saturated carbocycles. The van der Waals surface area contributed by atoms with Crippen LogP contribution in [0.15, 0.2) is 42.6 Å². The maximum Gasteiger partial charge on any atom is 0.313 e. The molecule has 1 aromatic carbocycles. The van der Waals surface area contributed by atoms with Gasteiger partial charge in [-0.2, -0.15) is 5.10 Å². The van der Waals surface area contributed by atoms with Crippen LogP contribution >= 0.6 is 0 Å². The van der Waals surface area contributed by atoms with E-state index in [9.17, 15) is 4.79 Å². The van der Waals surface area contributed by atoms with Gasteiger partial charge in [-0.25, -0.2) is 0 Å². The Kier molecular flexibility index (Phi) is 6.68. The second-order valence-electron chi connectivity index (χ2n) is 7.71. The predicted octanol–water partition coefficient (Wildman–Crippen LogP) is 3.98. The highest BCUT2D eigenvalue weighted by molar-refractivity contribution is 5.77. The Balaban J connectivity index is 1.75. The largest absolute Gasteiger partial charge is 0.466 e. The Morgan fingerprint density at radius 3 is 2.79 bits per heavy atom. The number of piperidine rings is 1. The van der Waals surface area contributed by atoms with Gasteiger partial charge in [-0.05, 0) is 45.2 Å². The minimum Gasteiger partial charge on any atom is -0.466 e. The highest BCUT2D eigenvalue weighted by atomic mass is 16.5. The molecule has 0 radical (unpaired) electrons. The van der Waals surface area contributed by atoms with Gasteiger partial charge >= 0.3 is 5.97 Å². The number of rotatable bonds is 7. The lowest BCUT2D eigenvalue weighted by Crippen LogP contribution is -2.48. The van der Waals surface area contributed by atoms with Gasteiger partial charge in [0.2, 0.25) is 0 Å². The molecule has 1 unspecified atom stereocenters. The molecule has 1 fully saturated rings. The van der Waals surface area contributed by atoms with Crippen molar-refractivity contribution in [2.75, 3.05) is 19.7 Å². The summed E-state index contributed by atoms with van der Waals surface area (Å²) in [7, 11) is 1.96. The van der Waals surface area contributed by atoms with Crippen molar-refractivity contribution in [3.05, 3.63) is 59.4 Å². The van der Waals surface area contributed by atoms with Gasteiger partial charge in [-0.15, -0.1) is 0 Å². The first-order valence-electron chi connectivity index (χ1n) is 10.1. The number of ether oxygens (including phenoxy) is 1. The molecule has 1 aliphatic heterocycles. The van der Waals surface area contributed by atoms with Gasteiger partial charge in [0.05, 0.1) is 18.2 Å². The average molecular weight is 382 g/mol. The molecule has 150 valence electrons. The molecule has 2 heterocycles. The molecule has 1 aromatic heterocycles. The second-order valence-corrected chi connectivity index (χ2v) is 7.71. The summed E-state index contributed by atoms with van der Waals surface area (Å²) in [6.07, 6.45) is 8.73. The van der Waals surface area contributed by atoms with E-state index in [0.717, 1.165) is 38.0 Å². The molecule has 0 spiro atoms. The molecule has 28 heavy (non-hydrogen) atoms. The Morgan fingerprint density at radius 2 is 2.11 bits per heavy atom. The minimum absolute atomic E-state index is 0.0691. The van der Waals surface area contributed by atoms with Crippen LogP contribution in [0.4, 0.5) is 0 Å². The third kappa shape index (κ3) is 4.71. The van der Waals surface area contributed by atoms with E-state index in [0.29, 0.717) is 13.0 Å². The Hall–Kier alpha value is -2.40. The quantitative estimate of drug-likeness (QED) is 0.681. The number of carbonyl (C=O) groups excluding carboxylic acids is 1. The van der Waals surface area contributed by atoms with Crippen molar-refractivity contribution in [3.8, 4) is 0 Å². The number of allylic oxidation sites excluding steroid dienone is 1. The summed E-state index contributed by atoms with van der Waals surface area (Å²) in [5.74, 6) is -0.0691. The number of carbonyl (C=O) groups is 1. The SMILES string of the molecule is CCOC(=O)C1(C/C=C/c2ccccc2)CCCN(Cc2cnn(C)c2C)C1. The number of benzene rings is 1. The van der Waals surface area contributed by atoms with Crippen LogP contribution in [0.5, 0.6) is 0 Å². The normalized spacial score (nSPS) is 20.5. The number of nitrogens with zero attached hydrogens (tertiary/aromatic N) is 3. The third-order valence-corrected chi connectivity index (χ3v) is 5.71. The maximum atomic E-state index is 12.9. The summed E-state index contributed by atoms with van der Waals surface area (Å²) in [5.41, 5.74) is 3.08. The van der Waals surface area contributed by atoms with Crippen molar-refractivity contribution in [1.82, 2.24) is 14.7 Å². The van der Waals surface area contributed by atoms with Crippen molar-refractivity contribution < 1.29 is 9.53 Å². The van der Waals surface area contributed by atoms with Gasteiger partial charge in [0, 0.05) is 31.4 Å². The first-order chi connectivity index (χ1) is 13.5. The predicted molar refractivity (Wildman–Crippen MR) is 112 cm³/mol. The summed E-state index contributed by atoms with van der Waals surface area (Å²) in [4.78, 5) is 15.3. The summed E-state index contributed by atoms with van der Waals surface area (Å²) in [5, 5.41) is 4.35. The van der Waals surface area contributed by atoms with Crippen LogP contribution in [0.25, 0.3) is 6.08 Å². The van der Waals surface area contributed by atoms with Crippen molar-refractivity contribution in [2.24, 2.45) is 12.5 Å². The Labute approximate surface area is 168 Å². The zero-order valence-electron chi connectivity index (χ0n) is 17.2. The van der Waals surface area contributed by atoms with Gasteiger partial charge in [0.1, 0.15) is 0 Å². The van der Waals surface area contributed by atoms with Crippen LogP contribution in [-0.4, -0.2) is 40.3 Å². The van der Waals surface area contributed by atoms with Gasteiger partial charge in [-0.3, -0.25) is 14.4 Å². The molecule has 0 aliphatic carbocycles. The molecule has 1 saturated heterocycles. The summed E-state index contributed by atoms with van der Waals surface area (Å²) in [6.45, 7) is 6.93. The number of aromatic nitrogens is 2. The molecule has 1 atom stereocenters. The summed E-state index contributed by atoms with van der Waals surface area (Å²) >= 11 is 0. The lowest BCUT2D eigenvalue weighted by Gasteiger charge is -2.40. The van der Waals surface area contributed by atoms with Gasteiger partial charge in [-0.1, -0.05) is 42.5 Å². The fourth-order valence-corrected chi connectivity index (χ4v) is 3.99. The molecular weight excluding hydrogens is 350 g/mol. The van der Waals surface area contributed by atoms with Gasteiger partial charge in [0.15, 0.2) is 0 Å². The van der Waals surface area contributed by atoms with Gasteiger partial charge < -0.3 is 4.74 Å². The van der Waals surface area contributed by atoms with Crippen LogP contribution in [0, 0.1) is 12.3 Å². The van der Waals surface area contributed by atoms with Crippen LogP contribution in [0.3, 0.4) is 0 Å². The topological polar surface area (TPSA) is 47.4 Å². The zero-order valence-corrected chi connectivity index (χ0v) is 17.2. The van der Waals surface area contributed by atoms with Crippen LogP contribution in [-0.2, 0) is 23.1 Å². The monoisotopic (exact) mass is 381 g/mol. The summed E-state index contributed by atoms with van der Waals surface area (Å²) < 4.78 is 7.40. The van der Waals surface area contributed by atoms with Crippen molar-refractivity contribution in [3.63, 3.8) is 0 Å². The van der Waals surface area contributed by atoms with E-state index < -0.39 is 5.41 Å². The highest BCUT2D eigenvalue weighted by Crippen LogP contribution is 2.36. The first kappa shape index (κ1) is 20.3. The second kappa shape index (κ2) is 9.20. The molecule has 0 amide bonds. The standard InChI is InChI=1S/C23H31N3O2/c1-4-28-22(27)23(13-8-12-20-10-6-5-7-11-20)14-9-15-26(18-23)17-21-16-24-25(3)19(21)2/h5-8,10-12,16H,4,9,13-15,17-18H2,1-3H3/b12-8+. The zero-order chi connectivity index (χ0) is 20.0. The van der Waals surface area contributed by atoms with E-state index in [-0.39, 0.29) is 5.97 Å². The third-order valence-electron chi connectivity index (χ3n) is 5.71. The number of esters is 1. The van der Waals surface area contributed by atoms with E-state index in [1.165, 1.54) is 11.3 Å². The number of aryl methyl sites for hydroxylation is 1. The van der Waals surface area contributed by atoms with Crippen molar-refractivity contribution in [2.45, 2.75) is 39.7 Å². The molecule has 0 bridgehead atoms. The van der Waals surface area contributed by atoms with Gasteiger partial charge in [0.25, 0.3) is 0 Å². The van der Waals surface area contributed by atoms with E-state index in [1.807, 2.05) is 43.0 Å². The van der Waals surface area contributed by atoms with E-state index in [2.05, 4.69) is 41.2 Å². The number of likely N-dealkylation sites (tertiary alicyclic amines) is 1. The van der Waals surface area contributed by atoms with Crippen molar-refractivity contribution >= 4 is 12.0 Å². The smallest absolute Gasteiger partial charge is 0.313 e. The fourth-order valence-electron chi connectivity index (χ4n) is 3.99. The lowest BCUT2D eigenvalue weighted by atomic mass is 9.76. The minimum atomic E-state index is -0.477. The van der Waals surface area contributed by atoms with E-state index in [4.69, 9.17) is 4.74 Å². The lowest BCUT2D eigenvalue weighted by molar-refractivity contribution is -0.159.